The van der Waals surface area contributed by atoms with Gasteiger partial charge in [0, 0.05) is 50.0 Å². The molecule has 1 aliphatic rings. The Morgan fingerprint density at radius 3 is 2.44 bits per heavy atom. The second-order valence-corrected chi connectivity index (χ2v) is 9.98. The number of sulfone groups is 1. The number of rotatable bonds is 7. The van der Waals surface area contributed by atoms with Gasteiger partial charge in [-0.05, 0) is 37.0 Å². The third-order valence-corrected chi connectivity index (χ3v) is 6.01. The minimum absolute atomic E-state index is 0. The summed E-state index contributed by atoms with van der Waals surface area (Å²) in [5, 5.41) is 6.65. The summed E-state index contributed by atoms with van der Waals surface area (Å²) in [5.74, 6) is 0.954. The fraction of sp³-hybridized carbons (Fsp3) is 0.611. The SMILES string of the molecule is CN=C(NCCCS(C)(=O)=O)NC1CCN(Cc2ccc(Br)cc2)CC1.I. The second-order valence-electron chi connectivity index (χ2n) is 6.80. The van der Waals surface area contributed by atoms with Crippen molar-refractivity contribution in [3.05, 3.63) is 34.3 Å². The van der Waals surface area contributed by atoms with Crippen molar-refractivity contribution in [3.63, 3.8) is 0 Å². The molecule has 1 saturated heterocycles. The highest BCUT2D eigenvalue weighted by Crippen LogP contribution is 2.16. The zero-order valence-corrected chi connectivity index (χ0v) is 20.7. The molecule has 2 rings (SSSR count). The number of aliphatic imine (C=N–C) groups is 1. The van der Waals surface area contributed by atoms with Crippen LogP contribution in [0.5, 0.6) is 0 Å². The Morgan fingerprint density at radius 2 is 1.89 bits per heavy atom. The van der Waals surface area contributed by atoms with Crippen LogP contribution in [-0.4, -0.2) is 64.0 Å². The van der Waals surface area contributed by atoms with Crippen LogP contribution in [0, 0.1) is 0 Å². The van der Waals surface area contributed by atoms with Crippen molar-refractivity contribution in [2.75, 3.05) is 38.7 Å². The molecule has 0 unspecified atom stereocenters. The van der Waals surface area contributed by atoms with Crippen LogP contribution in [0.15, 0.2) is 33.7 Å². The highest BCUT2D eigenvalue weighted by atomic mass is 127. The topological polar surface area (TPSA) is 73.8 Å². The molecule has 0 radical (unpaired) electrons. The highest BCUT2D eigenvalue weighted by Gasteiger charge is 2.20. The van der Waals surface area contributed by atoms with E-state index in [4.69, 9.17) is 0 Å². The Balaban J connectivity index is 0.00000364. The third-order valence-electron chi connectivity index (χ3n) is 4.46. The van der Waals surface area contributed by atoms with Crippen LogP contribution in [0.2, 0.25) is 0 Å². The maximum atomic E-state index is 11.2. The van der Waals surface area contributed by atoms with Gasteiger partial charge in [-0.25, -0.2) is 8.42 Å². The van der Waals surface area contributed by atoms with Crippen LogP contribution < -0.4 is 10.6 Å². The summed E-state index contributed by atoms with van der Waals surface area (Å²) in [4.78, 5) is 6.71. The fourth-order valence-electron chi connectivity index (χ4n) is 3.01. The van der Waals surface area contributed by atoms with Crippen LogP contribution in [0.25, 0.3) is 0 Å². The first kappa shape index (κ1) is 24.6. The maximum Gasteiger partial charge on any atom is 0.191 e. The molecule has 0 atom stereocenters. The number of guanidine groups is 1. The molecule has 0 spiro atoms. The van der Waals surface area contributed by atoms with Crippen molar-refractivity contribution in [3.8, 4) is 0 Å². The molecule has 9 heteroatoms. The first-order valence-electron chi connectivity index (χ1n) is 8.97. The first-order valence-corrected chi connectivity index (χ1v) is 11.8. The number of hydrogen-bond donors (Lipinski definition) is 2. The van der Waals surface area contributed by atoms with Crippen molar-refractivity contribution < 1.29 is 8.42 Å². The molecule has 1 aromatic rings. The molecule has 154 valence electrons. The van der Waals surface area contributed by atoms with Gasteiger partial charge < -0.3 is 10.6 Å². The standard InChI is InChI=1S/C18H29BrN4O2S.HI/c1-20-18(21-10-3-13-26(2,24)25)22-17-8-11-23(12-9-17)14-15-4-6-16(19)7-5-15;/h4-7,17H,3,8-14H2,1-2H3,(H2,20,21,22);1H. The minimum Gasteiger partial charge on any atom is -0.356 e. The molecule has 2 N–H and O–H groups in total. The van der Waals surface area contributed by atoms with Crippen LogP contribution >= 0.6 is 39.9 Å². The fourth-order valence-corrected chi connectivity index (χ4v) is 3.95. The normalized spacial score (nSPS) is 16.6. The number of likely N-dealkylation sites (tertiary alicyclic amines) is 1. The Labute approximate surface area is 188 Å². The van der Waals surface area contributed by atoms with Gasteiger partial charge in [0.05, 0.1) is 5.75 Å². The Bertz CT molecular complexity index is 690. The van der Waals surface area contributed by atoms with Gasteiger partial charge >= 0.3 is 0 Å². The molecule has 0 aromatic heterocycles. The van der Waals surface area contributed by atoms with Gasteiger partial charge in [-0.3, -0.25) is 9.89 Å². The molecule has 0 saturated carbocycles. The second kappa shape index (κ2) is 12.2. The van der Waals surface area contributed by atoms with E-state index >= 15 is 0 Å². The summed E-state index contributed by atoms with van der Waals surface area (Å²) < 4.78 is 23.4. The average Bonchev–Trinajstić information content (AvgIpc) is 2.60. The van der Waals surface area contributed by atoms with E-state index in [0.29, 0.717) is 19.0 Å². The lowest BCUT2D eigenvalue weighted by Gasteiger charge is -2.33. The van der Waals surface area contributed by atoms with Crippen molar-refractivity contribution in [1.82, 2.24) is 15.5 Å². The van der Waals surface area contributed by atoms with E-state index in [2.05, 4.69) is 60.7 Å². The summed E-state index contributed by atoms with van der Waals surface area (Å²) in [6, 6.07) is 8.90. The molecule has 1 aromatic carbocycles. The van der Waals surface area contributed by atoms with Gasteiger partial charge in [-0.15, -0.1) is 24.0 Å². The van der Waals surface area contributed by atoms with E-state index in [1.54, 1.807) is 7.05 Å². The average molecular weight is 573 g/mol. The van der Waals surface area contributed by atoms with Crippen molar-refractivity contribution in [1.29, 1.82) is 0 Å². The number of benzene rings is 1. The van der Waals surface area contributed by atoms with E-state index < -0.39 is 9.84 Å². The van der Waals surface area contributed by atoms with E-state index in [1.165, 1.54) is 11.8 Å². The zero-order valence-electron chi connectivity index (χ0n) is 15.9. The lowest BCUT2D eigenvalue weighted by molar-refractivity contribution is 0.198. The number of hydrogen-bond acceptors (Lipinski definition) is 4. The number of nitrogens with zero attached hydrogens (tertiary/aromatic N) is 2. The summed E-state index contributed by atoms with van der Waals surface area (Å²) in [7, 11) is -1.15. The number of piperidine rings is 1. The van der Waals surface area contributed by atoms with Gasteiger partial charge in [0.2, 0.25) is 0 Å². The van der Waals surface area contributed by atoms with Crippen LogP contribution in [0.1, 0.15) is 24.8 Å². The van der Waals surface area contributed by atoms with Crippen molar-refractivity contribution >= 4 is 55.7 Å². The lowest BCUT2D eigenvalue weighted by atomic mass is 10.0. The highest BCUT2D eigenvalue weighted by molar-refractivity contribution is 14.0. The van der Waals surface area contributed by atoms with E-state index in [-0.39, 0.29) is 29.7 Å². The van der Waals surface area contributed by atoms with E-state index in [0.717, 1.165) is 42.9 Å². The summed E-state index contributed by atoms with van der Waals surface area (Å²) in [6.45, 7) is 3.70. The molecular weight excluding hydrogens is 543 g/mol. The van der Waals surface area contributed by atoms with Crippen molar-refractivity contribution in [2.45, 2.75) is 31.8 Å². The van der Waals surface area contributed by atoms with Crippen LogP contribution in [0.3, 0.4) is 0 Å². The van der Waals surface area contributed by atoms with Crippen molar-refractivity contribution in [2.24, 2.45) is 4.99 Å². The maximum absolute atomic E-state index is 11.2. The van der Waals surface area contributed by atoms with Crippen LogP contribution in [-0.2, 0) is 16.4 Å². The number of halogens is 2. The summed E-state index contributed by atoms with van der Waals surface area (Å²) in [6.07, 6.45) is 3.99. The molecule has 0 bridgehead atoms. The molecule has 1 aliphatic heterocycles. The van der Waals surface area contributed by atoms with Crippen LogP contribution in [0.4, 0.5) is 0 Å². The Morgan fingerprint density at radius 1 is 1.26 bits per heavy atom. The quantitative estimate of drug-likeness (QED) is 0.227. The first-order chi connectivity index (χ1) is 12.4. The predicted molar refractivity (Wildman–Crippen MR) is 127 cm³/mol. The third kappa shape index (κ3) is 10.1. The van der Waals surface area contributed by atoms with Gasteiger partial charge in [0.25, 0.3) is 0 Å². The summed E-state index contributed by atoms with van der Waals surface area (Å²) in [5.41, 5.74) is 1.34. The molecule has 1 fully saturated rings. The molecule has 27 heavy (non-hydrogen) atoms. The van der Waals surface area contributed by atoms with Gasteiger partial charge in [0.1, 0.15) is 9.84 Å². The van der Waals surface area contributed by atoms with E-state index in [9.17, 15) is 8.42 Å². The van der Waals surface area contributed by atoms with Gasteiger partial charge in [-0.2, -0.15) is 0 Å². The molecule has 0 amide bonds. The Hall–Kier alpha value is -0.390. The zero-order chi connectivity index (χ0) is 19.0. The predicted octanol–water partition coefficient (Wildman–Crippen LogP) is 2.63. The molecule has 0 aliphatic carbocycles. The summed E-state index contributed by atoms with van der Waals surface area (Å²) >= 11 is 3.47. The largest absolute Gasteiger partial charge is 0.356 e. The molecule has 6 nitrogen and oxygen atoms in total. The minimum atomic E-state index is -2.90. The smallest absolute Gasteiger partial charge is 0.191 e. The monoisotopic (exact) mass is 572 g/mol. The lowest BCUT2D eigenvalue weighted by Crippen LogP contribution is -2.48. The molecule has 1 heterocycles. The van der Waals surface area contributed by atoms with E-state index in [1.807, 2.05) is 0 Å². The van der Waals surface area contributed by atoms with Gasteiger partial charge in [0.15, 0.2) is 5.96 Å². The van der Waals surface area contributed by atoms with Gasteiger partial charge in [-0.1, -0.05) is 28.1 Å². The number of nitrogens with one attached hydrogen (secondary N) is 2. The molecular formula is C18H30BrIN4O2S. The Kier molecular flexibility index (Phi) is 11.2.